The molecule has 0 bridgehead atoms. The summed E-state index contributed by atoms with van der Waals surface area (Å²) in [5, 5.41) is 5.93. The van der Waals surface area contributed by atoms with Crippen molar-refractivity contribution in [1.82, 2.24) is 0 Å². The van der Waals surface area contributed by atoms with Crippen molar-refractivity contribution in [1.29, 1.82) is 0 Å². The van der Waals surface area contributed by atoms with Gasteiger partial charge in [0.05, 0.1) is 0 Å². The fourth-order valence-corrected chi connectivity index (χ4v) is 15.3. The SMILES string of the molecule is CC1=C(C)C(C)C([Si](c2cc(N(C)C)cc(C)c2N(C)C)(c2cc(N(C)C)cc(C)c2N(C)C)c2cc(N(C)C)cc(C)c2N(C)C)=C1C. The Morgan fingerprint density at radius 3 is 0.898 bits per heavy atom. The maximum absolute atomic E-state index is 3.22. The summed E-state index contributed by atoms with van der Waals surface area (Å²) < 4.78 is 0. The quantitative estimate of drug-likeness (QED) is 0.183. The van der Waals surface area contributed by atoms with E-state index < -0.39 is 8.07 Å². The molecule has 0 saturated carbocycles. The standard InChI is InChI=1S/C42H64N6Si/c1-26-20-33(43(8)9)23-36(39(26)46(14)15)49(42-31(6)29(4)30(5)32(42)7,37-24-34(44(10)11)21-27(2)40(37)47(16)17)38-25-35(45(12)13)22-28(3)41(38)48(18)19/h20-25,31H,1-19H3. The molecule has 266 valence electrons. The van der Waals surface area contributed by atoms with Gasteiger partial charge in [-0.15, -0.1) is 0 Å². The molecule has 1 atom stereocenters. The second-order valence-corrected chi connectivity index (χ2v) is 19.3. The van der Waals surface area contributed by atoms with E-state index in [-0.39, 0.29) is 5.92 Å². The number of benzene rings is 3. The topological polar surface area (TPSA) is 19.4 Å². The molecule has 0 spiro atoms. The molecule has 1 aliphatic carbocycles. The minimum atomic E-state index is -3.22. The lowest BCUT2D eigenvalue weighted by molar-refractivity contribution is 0.851. The molecule has 49 heavy (non-hydrogen) atoms. The fourth-order valence-electron chi connectivity index (χ4n) is 8.53. The molecular formula is C42H64N6Si. The number of rotatable bonds is 10. The Labute approximate surface area is 300 Å². The lowest BCUT2D eigenvalue weighted by atomic mass is 10.1. The van der Waals surface area contributed by atoms with Crippen molar-refractivity contribution in [2.45, 2.75) is 48.5 Å². The van der Waals surface area contributed by atoms with Crippen molar-refractivity contribution in [3.05, 3.63) is 75.0 Å². The van der Waals surface area contributed by atoms with Gasteiger partial charge in [0.1, 0.15) is 0 Å². The van der Waals surface area contributed by atoms with Crippen LogP contribution in [-0.2, 0) is 0 Å². The molecule has 0 saturated heterocycles. The van der Waals surface area contributed by atoms with Gasteiger partial charge in [0.15, 0.2) is 8.07 Å². The van der Waals surface area contributed by atoms with E-state index in [9.17, 15) is 0 Å². The first kappa shape index (κ1) is 38.0. The van der Waals surface area contributed by atoms with Gasteiger partial charge >= 0.3 is 0 Å². The summed E-state index contributed by atoms with van der Waals surface area (Å²) in [6, 6.07) is 14.8. The number of aryl methyl sites for hydroxylation is 3. The fraction of sp³-hybridized carbons (Fsp3) is 0.476. The normalized spacial score (nSPS) is 14.9. The van der Waals surface area contributed by atoms with E-state index in [2.05, 4.69) is 199 Å². The van der Waals surface area contributed by atoms with E-state index in [1.54, 1.807) is 5.20 Å². The van der Waals surface area contributed by atoms with E-state index in [1.807, 2.05) is 0 Å². The minimum Gasteiger partial charge on any atom is -0.378 e. The van der Waals surface area contributed by atoms with Gasteiger partial charge in [0.2, 0.25) is 0 Å². The molecule has 1 aliphatic rings. The van der Waals surface area contributed by atoms with Gasteiger partial charge in [-0.2, -0.15) is 0 Å². The second kappa shape index (κ2) is 13.8. The molecule has 0 radical (unpaired) electrons. The maximum Gasteiger partial charge on any atom is 0.183 e. The zero-order valence-corrected chi connectivity index (χ0v) is 35.2. The van der Waals surface area contributed by atoms with Crippen LogP contribution in [0.2, 0.25) is 0 Å². The average molecular weight is 681 g/mol. The number of nitrogens with zero attached hydrogens (tertiary/aromatic N) is 6. The van der Waals surface area contributed by atoms with Crippen LogP contribution >= 0.6 is 0 Å². The first-order valence-corrected chi connectivity index (χ1v) is 19.6. The van der Waals surface area contributed by atoms with Crippen molar-refractivity contribution in [2.24, 2.45) is 5.92 Å². The minimum absolute atomic E-state index is 0.279. The molecule has 3 aromatic rings. The van der Waals surface area contributed by atoms with E-state index in [1.165, 1.54) is 83.1 Å². The summed E-state index contributed by atoms with van der Waals surface area (Å²) in [7, 11) is 23.3. The molecule has 0 aliphatic heterocycles. The number of hydrogen-bond donors (Lipinski definition) is 0. The molecule has 1 unspecified atom stereocenters. The summed E-state index contributed by atoms with van der Waals surface area (Å²) in [5.74, 6) is 0.279. The van der Waals surface area contributed by atoms with Crippen LogP contribution in [0.25, 0.3) is 0 Å². The molecule has 3 aromatic carbocycles. The molecule has 6 nitrogen and oxygen atoms in total. The van der Waals surface area contributed by atoms with Gasteiger partial charge in [-0.05, 0) is 122 Å². The Morgan fingerprint density at radius 1 is 0.408 bits per heavy atom. The van der Waals surface area contributed by atoms with E-state index in [4.69, 9.17) is 0 Å². The van der Waals surface area contributed by atoms with Crippen molar-refractivity contribution in [2.75, 3.05) is 114 Å². The Balaban J connectivity index is 2.61. The third-order valence-electron chi connectivity index (χ3n) is 11.0. The monoisotopic (exact) mass is 680 g/mol. The van der Waals surface area contributed by atoms with E-state index >= 15 is 0 Å². The average Bonchev–Trinajstić information content (AvgIpc) is 3.18. The van der Waals surface area contributed by atoms with Gasteiger partial charge < -0.3 is 29.4 Å². The smallest absolute Gasteiger partial charge is 0.183 e. The highest BCUT2D eigenvalue weighted by atomic mass is 28.3. The van der Waals surface area contributed by atoms with Gasteiger partial charge in [-0.25, -0.2) is 0 Å². The summed E-state index contributed by atoms with van der Waals surface area (Å²) in [6.07, 6.45) is 0. The van der Waals surface area contributed by atoms with Crippen LogP contribution in [-0.4, -0.2) is 92.6 Å². The van der Waals surface area contributed by atoms with Gasteiger partial charge in [-0.1, -0.05) is 23.3 Å². The number of allylic oxidation sites excluding steroid dienone is 4. The molecule has 4 rings (SSSR count). The number of hydrogen-bond acceptors (Lipinski definition) is 6. The lowest BCUT2D eigenvalue weighted by Crippen LogP contribution is -2.71. The van der Waals surface area contributed by atoms with Crippen LogP contribution in [0.1, 0.15) is 44.4 Å². The van der Waals surface area contributed by atoms with Crippen LogP contribution in [0.4, 0.5) is 34.1 Å². The largest absolute Gasteiger partial charge is 0.378 e. The number of anilines is 6. The van der Waals surface area contributed by atoms with E-state index in [0.717, 1.165) is 0 Å². The maximum atomic E-state index is 2.55. The summed E-state index contributed by atoms with van der Waals surface area (Å²) in [6.45, 7) is 16.5. The Hall–Kier alpha value is -3.84. The third-order valence-corrected chi connectivity index (χ3v) is 16.2. The third kappa shape index (κ3) is 6.24. The van der Waals surface area contributed by atoms with Crippen molar-refractivity contribution in [3.8, 4) is 0 Å². The predicted molar refractivity (Wildman–Crippen MR) is 224 cm³/mol. The first-order valence-electron chi connectivity index (χ1n) is 17.6. The van der Waals surface area contributed by atoms with Crippen LogP contribution in [0.15, 0.2) is 58.3 Å². The molecule has 0 fully saturated rings. The first-order chi connectivity index (χ1) is 22.7. The van der Waals surface area contributed by atoms with Crippen molar-refractivity contribution in [3.63, 3.8) is 0 Å². The van der Waals surface area contributed by atoms with Crippen LogP contribution < -0.4 is 45.0 Å². The van der Waals surface area contributed by atoms with Gasteiger partial charge in [0, 0.05) is 119 Å². The van der Waals surface area contributed by atoms with Crippen molar-refractivity contribution < 1.29 is 0 Å². The Bertz CT molecular complexity index is 1640. The van der Waals surface area contributed by atoms with E-state index in [0.29, 0.717) is 0 Å². The summed E-state index contributed by atoms with van der Waals surface area (Å²) in [4.78, 5) is 14.0. The molecule has 0 N–H and O–H groups in total. The van der Waals surface area contributed by atoms with Crippen molar-refractivity contribution >= 4 is 57.8 Å². The molecule has 7 heteroatoms. The highest BCUT2D eigenvalue weighted by Crippen LogP contribution is 2.45. The summed E-state index contributed by atoms with van der Waals surface area (Å²) >= 11 is 0. The second-order valence-electron chi connectivity index (χ2n) is 15.7. The molecule has 0 aromatic heterocycles. The molecule has 0 heterocycles. The van der Waals surface area contributed by atoms with Crippen LogP contribution in [0.5, 0.6) is 0 Å². The van der Waals surface area contributed by atoms with Gasteiger partial charge in [-0.3, -0.25) is 0 Å². The highest BCUT2D eigenvalue weighted by molar-refractivity contribution is 7.18. The Morgan fingerprint density at radius 2 is 0.694 bits per heavy atom. The summed E-state index contributed by atoms with van der Waals surface area (Å²) in [5.41, 5.74) is 15.9. The zero-order chi connectivity index (χ0) is 37.0. The predicted octanol–water partition coefficient (Wildman–Crippen LogP) is 6.32. The van der Waals surface area contributed by atoms with Crippen LogP contribution in [0.3, 0.4) is 0 Å². The highest BCUT2D eigenvalue weighted by Gasteiger charge is 2.53. The molecular weight excluding hydrogens is 617 g/mol. The zero-order valence-electron chi connectivity index (χ0n) is 34.2. The lowest BCUT2D eigenvalue weighted by Gasteiger charge is -2.45. The Kier molecular flexibility index (Phi) is 10.7. The van der Waals surface area contributed by atoms with Gasteiger partial charge in [0.25, 0.3) is 0 Å². The molecule has 0 amide bonds. The van der Waals surface area contributed by atoms with Crippen LogP contribution in [0, 0.1) is 26.7 Å².